The summed E-state index contributed by atoms with van der Waals surface area (Å²) in [6.07, 6.45) is 18.1. The van der Waals surface area contributed by atoms with Gasteiger partial charge in [0.25, 0.3) is 0 Å². The lowest BCUT2D eigenvalue weighted by molar-refractivity contribution is -0.135. The second-order valence-corrected chi connectivity index (χ2v) is 18.1. The fourth-order valence-electron chi connectivity index (χ4n) is 11.7. The lowest BCUT2D eigenvalue weighted by atomic mass is 9.70. The van der Waals surface area contributed by atoms with E-state index in [9.17, 15) is 19.5 Å². The number of piperazine rings is 1. The number of carbonyl (C=O) groups excluding carboxylic acids is 2. The molecule has 15 heteroatoms. The molecule has 1 saturated carbocycles. The monoisotopic (exact) mass is 813 g/mol. The van der Waals surface area contributed by atoms with Crippen LogP contribution >= 0.6 is 0 Å². The molecule has 5 unspecified atom stereocenters. The number of aromatic hydroxyl groups is 1. The zero-order valence-electron chi connectivity index (χ0n) is 34.5. The molecule has 0 spiro atoms. The summed E-state index contributed by atoms with van der Waals surface area (Å²) in [6.45, 7) is 5.98. The molecule has 10 rings (SSSR count). The number of nitrogens with two attached hydrogens (primary N) is 1. The van der Waals surface area contributed by atoms with Crippen molar-refractivity contribution in [2.24, 2.45) is 18.9 Å². The van der Waals surface area contributed by atoms with E-state index in [4.69, 9.17) is 15.7 Å². The van der Waals surface area contributed by atoms with Gasteiger partial charge in [-0.2, -0.15) is 0 Å². The quantitative estimate of drug-likeness (QED) is 0.219. The Morgan fingerprint density at radius 3 is 2.27 bits per heavy atom. The first-order valence-corrected chi connectivity index (χ1v) is 22.0. The molecule has 5 atom stereocenters. The molecule has 2 aliphatic carbocycles. The number of piperidine rings is 2. The minimum absolute atomic E-state index is 0.164. The van der Waals surface area contributed by atoms with E-state index in [1.165, 1.54) is 31.2 Å². The number of likely N-dealkylation sites (tertiary alicyclic amines) is 1. The average Bonchev–Trinajstić information content (AvgIpc) is 3.68. The number of carbonyl (C=O) groups is 2. The number of fused-ring (bicyclic) bond motifs is 3. The van der Waals surface area contributed by atoms with E-state index in [2.05, 4.69) is 61.7 Å². The first-order chi connectivity index (χ1) is 29.1. The largest absolute Gasteiger partial charge is 0.507 e. The number of nitrogens with one attached hydrogen (secondary N) is 1. The van der Waals surface area contributed by atoms with Crippen LogP contribution in [-0.4, -0.2) is 95.4 Å². The zero-order chi connectivity index (χ0) is 41.2. The number of rotatable bonds is 7. The standard InChI is InChI=1S/C45H55N11O4/c1-26-33(13-14-36-41(26)52(2)45(60)56(36)37-15-16-40(58)49-43(37)59)28-7-9-30(10-8-28)53-19-17-27(18-20-53)29-22-47-44(48-23-29)55-31-11-12-32(55)25-54(24-31)38-21-35(50-51-42(38)46)34-5-3-4-6-39(34)57/h3-6,13-14,21-23,26-28,30-33,37,57H,7-12,15-20,24-25H2,1-2H3,(H2,46,51)(H,49,58,59)/t26?,28-,30-,31?,32?,33?,37?. The van der Waals surface area contributed by atoms with Gasteiger partial charge in [0.1, 0.15) is 11.8 Å². The summed E-state index contributed by atoms with van der Waals surface area (Å²) >= 11 is 0. The number of imidazole rings is 1. The Morgan fingerprint density at radius 1 is 0.867 bits per heavy atom. The number of imide groups is 1. The van der Waals surface area contributed by atoms with Crippen molar-refractivity contribution in [1.82, 2.24) is 39.5 Å². The number of allylic oxidation sites excluding steroid dienone is 1. The molecular weight excluding hydrogens is 759 g/mol. The molecule has 5 fully saturated rings. The predicted octanol–water partition coefficient (Wildman–Crippen LogP) is 4.74. The number of anilines is 3. The maximum atomic E-state index is 13.5. The van der Waals surface area contributed by atoms with Crippen molar-refractivity contribution in [3.8, 4) is 17.0 Å². The van der Waals surface area contributed by atoms with Gasteiger partial charge in [-0.15, -0.1) is 10.2 Å². The minimum Gasteiger partial charge on any atom is -0.507 e. The molecule has 2 bridgehead atoms. The van der Waals surface area contributed by atoms with Crippen LogP contribution in [0.25, 0.3) is 17.3 Å². The number of nitrogen functional groups attached to an aromatic ring is 1. The molecule has 6 aliphatic rings. The van der Waals surface area contributed by atoms with Crippen LogP contribution in [-0.2, 0) is 16.6 Å². The fourth-order valence-corrected chi connectivity index (χ4v) is 11.7. The van der Waals surface area contributed by atoms with Crippen molar-refractivity contribution in [2.75, 3.05) is 41.7 Å². The van der Waals surface area contributed by atoms with Crippen molar-refractivity contribution in [3.63, 3.8) is 0 Å². The predicted molar refractivity (Wildman–Crippen MR) is 228 cm³/mol. The summed E-state index contributed by atoms with van der Waals surface area (Å²) in [7, 11) is 1.82. The first-order valence-electron chi connectivity index (χ1n) is 22.0. The van der Waals surface area contributed by atoms with Crippen LogP contribution in [0.1, 0.15) is 106 Å². The Hall–Kier alpha value is -5.57. The highest BCUT2D eigenvalue weighted by atomic mass is 16.3. The molecule has 314 valence electrons. The number of para-hydroxylation sites is 1. The van der Waals surface area contributed by atoms with Crippen molar-refractivity contribution >= 4 is 35.3 Å². The number of benzene rings is 1. The highest BCUT2D eigenvalue weighted by molar-refractivity contribution is 5.99. The van der Waals surface area contributed by atoms with Crippen molar-refractivity contribution < 1.29 is 14.7 Å². The average molecular weight is 814 g/mol. The van der Waals surface area contributed by atoms with Crippen LogP contribution in [0.5, 0.6) is 5.75 Å². The molecule has 0 radical (unpaired) electrons. The highest BCUT2D eigenvalue weighted by Crippen LogP contribution is 2.45. The van der Waals surface area contributed by atoms with Crippen LogP contribution in [0, 0.1) is 11.8 Å². The summed E-state index contributed by atoms with van der Waals surface area (Å²) in [6, 6.07) is 9.58. The number of hydrogen-bond acceptors (Lipinski definition) is 12. The molecule has 1 aromatic carbocycles. The Balaban J connectivity index is 0.727. The molecule has 60 heavy (non-hydrogen) atoms. The van der Waals surface area contributed by atoms with E-state index in [1.54, 1.807) is 21.3 Å². The molecule has 2 amide bonds. The number of phenols is 1. The van der Waals surface area contributed by atoms with Gasteiger partial charge in [-0.3, -0.25) is 24.0 Å². The van der Waals surface area contributed by atoms with Gasteiger partial charge in [0.2, 0.25) is 17.8 Å². The second kappa shape index (κ2) is 15.5. The molecule has 3 aromatic heterocycles. The van der Waals surface area contributed by atoms with E-state index < -0.39 is 6.04 Å². The Bertz CT molecular complexity index is 2360. The smallest absolute Gasteiger partial charge is 0.329 e. The summed E-state index contributed by atoms with van der Waals surface area (Å²) in [5.74, 6) is 2.22. The molecule has 4 aliphatic heterocycles. The van der Waals surface area contributed by atoms with E-state index in [0.717, 1.165) is 74.9 Å². The van der Waals surface area contributed by atoms with E-state index in [-0.39, 0.29) is 47.7 Å². The minimum atomic E-state index is -0.654. The normalized spacial score (nSPS) is 28.5. The molecule has 4 N–H and O–H groups in total. The van der Waals surface area contributed by atoms with Crippen LogP contribution < -0.4 is 26.5 Å². The fraction of sp³-hybridized carbons (Fsp3) is 0.533. The SMILES string of the molecule is CC1c2c(n(C3CCC(=O)NC3=O)c(=O)n2C)C=CC1[C@H]1CC[C@H](N2CCC(c3cnc(N4C5CCC4CN(c4cc(-c6ccccc6O)nnc4N)C5)nc3)CC2)CC1. The first kappa shape index (κ1) is 38.6. The number of amides is 2. The van der Waals surface area contributed by atoms with Crippen molar-refractivity contribution in [1.29, 1.82) is 0 Å². The summed E-state index contributed by atoms with van der Waals surface area (Å²) in [5, 5.41) is 21.4. The Kier molecular flexibility index (Phi) is 9.96. The van der Waals surface area contributed by atoms with E-state index in [1.807, 2.05) is 25.2 Å². The highest BCUT2D eigenvalue weighted by Gasteiger charge is 2.43. The number of phenolic OH excluding ortho intramolecular Hbond substituents is 1. The number of hydrogen-bond donors (Lipinski definition) is 3. The van der Waals surface area contributed by atoms with Gasteiger partial charge in [-0.25, -0.2) is 14.8 Å². The van der Waals surface area contributed by atoms with E-state index in [0.29, 0.717) is 47.3 Å². The maximum Gasteiger partial charge on any atom is 0.329 e. The van der Waals surface area contributed by atoms with Gasteiger partial charge < -0.3 is 25.5 Å². The number of aromatic nitrogens is 6. The zero-order valence-corrected chi connectivity index (χ0v) is 34.5. The van der Waals surface area contributed by atoms with Crippen molar-refractivity contribution in [3.05, 3.63) is 76.2 Å². The summed E-state index contributed by atoms with van der Waals surface area (Å²) in [4.78, 5) is 55.4. The molecule has 4 saturated heterocycles. The van der Waals surface area contributed by atoms with E-state index >= 15 is 0 Å². The van der Waals surface area contributed by atoms with Gasteiger partial charge in [-0.05, 0) is 118 Å². The van der Waals surface area contributed by atoms with Crippen LogP contribution in [0.2, 0.25) is 0 Å². The van der Waals surface area contributed by atoms with Gasteiger partial charge in [0.15, 0.2) is 5.82 Å². The van der Waals surface area contributed by atoms with Gasteiger partial charge >= 0.3 is 5.69 Å². The van der Waals surface area contributed by atoms with Crippen LogP contribution in [0.3, 0.4) is 0 Å². The summed E-state index contributed by atoms with van der Waals surface area (Å²) in [5.41, 5.74) is 11.3. The molecule has 7 heterocycles. The second-order valence-electron chi connectivity index (χ2n) is 18.1. The van der Waals surface area contributed by atoms with Gasteiger partial charge in [0, 0.05) is 74.3 Å². The lowest BCUT2D eigenvalue weighted by Crippen LogP contribution is -2.54. The van der Waals surface area contributed by atoms with Crippen molar-refractivity contribution in [2.45, 2.75) is 107 Å². The topological polar surface area (TPSA) is 181 Å². The summed E-state index contributed by atoms with van der Waals surface area (Å²) < 4.78 is 3.34. The molecule has 4 aromatic rings. The molecule has 15 nitrogen and oxygen atoms in total. The third-order valence-corrected chi connectivity index (χ3v) is 14.9. The van der Waals surface area contributed by atoms with Gasteiger partial charge in [-0.1, -0.05) is 25.1 Å². The maximum absolute atomic E-state index is 13.5. The third kappa shape index (κ3) is 6.74. The van der Waals surface area contributed by atoms with Crippen LogP contribution in [0.15, 0.2) is 53.6 Å². The number of nitrogens with zero attached hydrogens (tertiary/aromatic N) is 9. The third-order valence-electron chi connectivity index (χ3n) is 14.9. The Morgan fingerprint density at radius 2 is 1.57 bits per heavy atom. The molecular formula is C45H55N11O4. The van der Waals surface area contributed by atoms with Crippen LogP contribution in [0.4, 0.5) is 17.5 Å². The lowest BCUT2D eigenvalue weighted by Gasteiger charge is -2.43. The Labute approximate surface area is 349 Å². The van der Waals surface area contributed by atoms with Gasteiger partial charge in [0.05, 0.1) is 17.1 Å².